The number of hydrogen-bond donors (Lipinski definition) is 1. The van der Waals surface area contributed by atoms with Crippen LogP contribution >= 0.6 is 0 Å². The van der Waals surface area contributed by atoms with Gasteiger partial charge in [0.2, 0.25) is 0 Å². The van der Waals surface area contributed by atoms with Crippen LogP contribution in [0.4, 0.5) is 0 Å². The number of Topliss-reactive ketones (excluding diaryl/α,β-unsaturated/α-hetero) is 1. The number of hydrazone groups is 1. The third-order valence-electron chi connectivity index (χ3n) is 2.35. The Morgan fingerprint density at radius 1 is 1.39 bits per heavy atom. The van der Waals surface area contributed by atoms with E-state index in [0.717, 1.165) is 5.56 Å². The second-order valence-electron chi connectivity index (χ2n) is 3.83. The fourth-order valence-corrected chi connectivity index (χ4v) is 1.60. The molecule has 1 aromatic carbocycles. The van der Waals surface area contributed by atoms with Crippen molar-refractivity contribution in [3.63, 3.8) is 0 Å². The van der Waals surface area contributed by atoms with Crippen LogP contribution in [-0.2, 0) is 16.1 Å². The minimum atomic E-state index is 0.0872. The van der Waals surface area contributed by atoms with Crippen molar-refractivity contribution < 1.29 is 9.63 Å². The molecule has 0 aromatic heterocycles. The van der Waals surface area contributed by atoms with Crippen LogP contribution in [0.5, 0.6) is 0 Å². The number of benzene rings is 1. The minimum absolute atomic E-state index is 0.0872. The van der Waals surface area contributed by atoms with E-state index in [9.17, 15) is 4.79 Å². The van der Waals surface area contributed by atoms with E-state index in [2.05, 4.69) is 10.6 Å². The number of hydrazine groups is 2. The maximum absolute atomic E-state index is 11.8. The zero-order valence-corrected chi connectivity index (χ0v) is 10.2. The molecule has 0 unspecified atom stereocenters. The lowest BCUT2D eigenvalue weighted by atomic mass is 10.1. The molecule has 0 spiro atoms. The summed E-state index contributed by atoms with van der Waals surface area (Å²) < 4.78 is 0. The first-order chi connectivity index (χ1) is 8.78. The second kappa shape index (κ2) is 6.13. The van der Waals surface area contributed by atoms with Gasteiger partial charge in [-0.15, -0.1) is 10.6 Å². The molecule has 1 aliphatic heterocycles. The van der Waals surface area contributed by atoms with Crippen molar-refractivity contribution in [3.8, 4) is 0 Å². The summed E-state index contributed by atoms with van der Waals surface area (Å²) in [6.45, 7) is 2.61. The summed E-state index contributed by atoms with van der Waals surface area (Å²) in [6, 6.07) is 9.65. The van der Waals surface area contributed by atoms with Crippen LogP contribution in [0.3, 0.4) is 0 Å². The van der Waals surface area contributed by atoms with Gasteiger partial charge in [0.15, 0.2) is 12.1 Å². The van der Waals surface area contributed by atoms with Gasteiger partial charge in [0.25, 0.3) is 0 Å². The Hall–Kier alpha value is -1.92. The van der Waals surface area contributed by atoms with E-state index < -0.39 is 0 Å². The molecule has 1 N–H and O–H groups in total. The number of hydroxylamine groups is 1. The van der Waals surface area contributed by atoms with E-state index in [4.69, 9.17) is 4.84 Å². The van der Waals surface area contributed by atoms with Gasteiger partial charge in [-0.1, -0.05) is 30.3 Å². The van der Waals surface area contributed by atoms with Gasteiger partial charge in [-0.2, -0.15) is 5.17 Å². The quantitative estimate of drug-likeness (QED) is 0.804. The number of hydrogen-bond acceptors (Lipinski definition) is 6. The predicted molar refractivity (Wildman–Crippen MR) is 67.0 cm³/mol. The first-order valence-corrected chi connectivity index (χ1v) is 5.83. The molecule has 0 radical (unpaired) electrons. The van der Waals surface area contributed by atoms with Crippen LogP contribution in [-0.4, -0.2) is 35.6 Å². The lowest BCUT2D eigenvalue weighted by Crippen LogP contribution is -2.42. The summed E-state index contributed by atoms with van der Waals surface area (Å²) in [5, 5.41) is 6.81. The summed E-state index contributed by atoms with van der Waals surface area (Å²) in [5.41, 5.74) is 3.82. The van der Waals surface area contributed by atoms with Crippen molar-refractivity contribution in [1.29, 1.82) is 0 Å². The normalized spacial score (nSPS) is 14.3. The highest BCUT2D eigenvalue weighted by molar-refractivity contribution is 5.82. The van der Waals surface area contributed by atoms with Crippen molar-refractivity contribution in [3.05, 3.63) is 35.9 Å². The summed E-state index contributed by atoms with van der Waals surface area (Å²) in [4.78, 5) is 17.0. The van der Waals surface area contributed by atoms with Crippen LogP contribution in [0, 0.1) is 0 Å². The van der Waals surface area contributed by atoms with Gasteiger partial charge < -0.3 is 0 Å². The number of nitrogens with zero attached hydrogens (tertiary/aromatic N) is 3. The Bertz CT molecular complexity index is 421. The molecule has 0 fully saturated rings. The second-order valence-corrected chi connectivity index (χ2v) is 3.83. The molecule has 6 nitrogen and oxygen atoms in total. The number of rotatable bonds is 6. The van der Waals surface area contributed by atoms with Gasteiger partial charge in [0, 0.05) is 6.42 Å². The molecule has 6 heteroatoms. The smallest absolute Gasteiger partial charge is 0.159 e. The first-order valence-electron chi connectivity index (χ1n) is 5.83. The molecule has 1 aromatic rings. The molecule has 2 rings (SSSR count). The summed E-state index contributed by atoms with van der Waals surface area (Å²) in [6.07, 6.45) is 1.89. The van der Waals surface area contributed by atoms with Crippen LogP contribution in [0.25, 0.3) is 0 Å². The van der Waals surface area contributed by atoms with E-state index in [1.54, 1.807) is 0 Å². The van der Waals surface area contributed by atoms with Gasteiger partial charge in [0.1, 0.15) is 6.54 Å². The van der Waals surface area contributed by atoms with Gasteiger partial charge in [-0.3, -0.25) is 9.63 Å². The minimum Gasteiger partial charge on any atom is -0.297 e. The van der Waals surface area contributed by atoms with Crippen molar-refractivity contribution >= 4 is 12.1 Å². The molecule has 96 valence electrons. The van der Waals surface area contributed by atoms with Crippen molar-refractivity contribution in [2.75, 3.05) is 13.2 Å². The topological polar surface area (TPSA) is 57.2 Å². The number of carbonyl (C=O) groups excluding carboxylic acids is 1. The largest absolute Gasteiger partial charge is 0.297 e. The van der Waals surface area contributed by atoms with E-state index in [0.29, 0.717) is 13.0 Å². The molecule has 18 heavy (non-hydrogen) atoms. The van der Waals surface area contributed by atoms with Gasteiger partial charge >= 0.3 is 0 Å². The van der Waals surface area contributed by atoms with E-state index in [1.165, 1.54) is 16.6 Å². The molecule has 0 aliphatic carbocycles. The van der Waals surface area contributed by atoms with Crippen LogP contribution < -0.4 is 5.53 Å². The lowest BCUT2D eigenvalue weighted by Gasteiger charge is -2.17. The molecule has 0 atom stereocenters. The fraction of sp³-hybridized carbons (Fsp3) is 0.333. The molecule has 0 saturated carbocycles. The van der Waals surface area contributed by atoms with Crippen LogP contribution in [0.2, 0.25) is 0 Å². The van der Waals surface area contributed by atoms with E-state index in [-0.39, 0.29) is 12.3 Å². The third-order valence-corrected chi connectivity index (χ3v) is 2.35. The van der Waals surface area contributed by atoms with Gasteiger partial charge in [0.05, 0.1) is 6.61 Å². The monoisotopic (exact) mass is 248 g/mol. The third kappa shape index (κ3) is 3.54. The predicted octanol–water partition coefficient (Wildman–Crippen LogP) is 0.730. The van der Waals surface area contributed by atoms with Crippen molar-refractivity contribution in [1.82, 2.24) is 15.8 Å². The maximum atomic E-state index is 11.8. The molecule has 1 aliphatic rings. The van der Waals surface area contributed by atoms with Gasteiger partial charge in [-0.25, -0.2) is 5.12 Å². The number of ketones is 1. The highest BCUT2D eigenvalue weighted by atomic mass is 16.7. The van der Waals surface area contributed by atoms with E-state index in [1.807, 2.05) is 37.3 Å². The fourth-order valence-electron chi connectivity index (χ4n) is 1.60. The van der Waals surface area contributed by atoms with Crippen LogP contribution in [0.15, 0.2) is 35.4 Å². The van der Waals surface area contributed by atoms with E-state index >= 15 is 0 Å². The average molecular weight is 248 g/mol. The molecular formula is C12H16N4O2. The maximum Gasteiger partial charge on any atom is 0.159 e. The highest BCUT2D eigenvalue weighted by Gasteiger charge is 2.16. The highest BCUT2D eigenvalue weighted by Crippen LogP contribution is 2.02. The summed E-state index contributed by atoms with van der Waals surface area (Å²) >= 11 is 0. The number of carbonyl (C=O) groups is 1. The van der Waals surface area contributed by atoms with Crippen molar-refractivity contribution in [2.45, 2.75) is 13.3 Å². The number of nitrogens with one attached hydrogen (secondary N) is 1. The molecular weight excluding hydrogens is 232 g/mol. The lowest BCUT2D eigenvalue weighted by molar-refractivity contribution is -0.158. The Morgan fingerprint density at radius 3 is 2.89 bits per heavy atom. The standard InChI is InChI=1S/C12H16N4O2/c1-2-18-16-10-13-15(14-16)9-12(17)8-11-6-4-3-5-7-11/h3-7,10,14H,2,8-9H2,1H3. The zero-order valence-electron chi connectivity index (χ0n) is 10.2. The summed E-state index contributed by atoms with van der Waals surface area (Å²) in [5.74, 6) is 0.0872. The Morgan fingerprint density at radius 2 is 2.17 bits per heavy atom. The molecule has 0 bridgehead atoms. The first kappa shape index (κ1) is 12.5. The SMILES string of the molecule is CCON1C=NN(CC(=O)Cc2ccccc2)N1. The molecule has 1 heterocycles. The Kier molecular flexibility index (Phi) is 4.27. The summed E-state index contributed by atoms with van der Waals surface area (Å²) in [7, 11) is 0. The molecule has 0 saturated heterocycles. The van der Waals surface area contributed by atoms with Gasteiger partial charge in [-0.05, 0) is 12.5 Å². The Labute approximate surface area is 106 Å². The zero-order chi connectivity index (χ0) is 12.8. The van der Waals surface area contributed by atoms with Crippen molar-refractivity contribution in [2.24, 2.45) is 5.10 Å². The Balaban J connectivity index is 1.78. The average Bonchev–Trinajstić information content (AvgIpc) is 2.78. The molecule has 0 amide bonds. The van der Waals surface area contributed by atoms with Crippen LogP contribution in [0.1, 0.15) is 12.5 Å².